The Bertz CT molecular complexity index is 1400. The van der Waals surface area contributed by atoms with E-state index < -0.39 is 0 Å². The molecular weight excluding hydrogens is 454 g/mol. The van der Waals surface area contributed by atoms with Crippen LogP contribution >= 0.6 is 15.9 Å². The van der Waals surface area contributed by atoms with Gasteiger partial charge >= 0.3 is 0 Å². The topological polar surface area (TPSA) is 51.5 Å². The number of carbonyl (C=O) groups excluding carboxylic acids is 1. The van der Waals surface area contributed by atoms with Gasteiger partial charge in [-0.3, -0.25) is 4.79 Å². The fourth-order valence-electron chi connectivity index (χ4n) is 4.49. The second-order valence-electron chi connectivity index (χ2n) is 7.63. The summed E-state index contributed by atoms with van der Waals surface area (Å²) < 4.78 is 8.58. The molecule has 1 heterocycles. The average Bonchev–Trinajstić information content (AvgIpc) is 3.11. The van der Waals surface area contributed by atoms with Crippen LogP contribution in [0.5, 0.6) is 5.75 Å². The average molecular weight is 474 g/mol. The number of rotatable bonds is 4. The highest BCUT2D eigenvalue weighted by Crippen LogP contribution is 2.43. The first-order valence-electron chi connectivity index (χ1n) is 9.98. The summed E-state index contributed by atoms with van der Waals surface area (Å²) in [5, 5.41) is 11.1. The monoisotopic (exact) mass is 473 g/mol. The summed E-state index contributed by atoms with van der Waals surface area (Å²) in [6.45, 7) is 1.86. The molecule has 0 spiro atoms. The summed E-state index contributed by atoms with van der Waals surface area (Å²) >= 11 is 3.58. The predicted octanol–water partition coefficient (Wildman–Crippen LogP) is 6.08. The van der Waals surface area contributed by atoms with Crippen molar-refractivity contribution in [3.8, 4) is 22.7 Å². The largest absolute Gasteiger partial charge is 0.496 e. The van der Waals surface area contributed by atoms with Crippen molar-refractivity contribution in [1.82, 2.24) is 4.57 Å². The second kappa shape index (κ2) is 7.52. The van der Waals surface area contributed by atoms with Crippen molar-refractivity contribution >= 4 is 38.7 Å². The lowest BCUT2D eigenvalue weighted by molar-refractivity contribution is 0.104. The van der Waals surface area contributed by atoms with Gasteiger partial charge in [-0.2, -0.15) is 0 Å². The van der Waals surface area contributed by atoms with Gasteiger partial charge in [0.15, 0.2) is 5.78 Å². The van der Waals surface area contributed by atoms with Crippen LogP contribution < -0.4 is 4.74 Å². The number of aliphatic hydroxyl groups is 1. The summed E-state index contributed by atoms with van der Waals surface area (Å²) in [4.78, 5) is 13.2. The van der Waals surface area contributed by atoms with Gasteiger partial charge in [0.25, 0.3) is 0 Å². The van der Waals surface area contributed by atoms with Crippen molar-refractivity contribution in [2.45, 2.75) is 13.5 Å². The summed E-state index contributed by atoms with van der Waals surface area (Å²) in [5.41, 5.74) is 6.87. The number of halogens is 1. The molecule has 1 N–H and O–H groups in total. The van der Waals surface area contributed by atoms with Gasteiger partial charge in [0.2, 0.25) is 0 Å². The van der Waals surface area contributed by atoms with Gasteiger partial charge in [-0.25, -0.2) is 0 Å². The number of aryl methyl sites for hydroxylation is 1. The van der Waals surface area contributed by atoms with Crippen LogP contribution in [0.2, 0.25) is 0 Å². The Kier molecular flexibility index (Phi) is 4.80. The van der Waals surface area contributed by atoms with E-state index in [1.807, 2.05) is 48.5 Å². The van der Waals surface area contributed by atoms with Crippen LogP contribution in [0, 0.1) is 6.92 Å². The molecular formula is C26H20BrNO3. The highest BCUT2D eigenvalue weighted by Gasteiger charge is 2.29. The van der Waals surface area contributed by atoms with E-state index in [1.54, 1.807) is 13.2 Å². The van der Waals surface area contributed by atoms with Crippen LogP contribution in [0.15, 0.2) is 65.1 Å². The molecule has 31 heavy (non-hydrogen) atoms. The van der Waals surface area contributed by atoms with E-state index in [0.29, 0.717) is 16.9 Å². The number of aromatic nitrogens is 1. The molecule has 0 aliphatic heterocycles. The maximum Gasteiger partial charge on any atom is 0.188 e. The first-order chi connectivity index (χ1) is 15.0. The lowest BCUT2D eigenvalue weighted by Gasteiger charge is -2.17. The number of hydrogen-bond acceptors (Lipinski definition) is 3. The van der Waals surface area contributed by atoms with Crippen LogP contribution in [0.25, 0.3) is 33.9 Å². The van der Waals surface area contributed by atoms with Gasteiger partial charge in [0, 0.05) is 26.7 Å². The van der Waals surface area contributed by atoms with E-state index in [2.05, 4.69) is 39.6 Å². The van der Waals surface area contributed by atoms with Crippen molar-refractivity contribution in [1.29, 1.82) is 0 Å². The summed E-state index contributed by atoms with van der Waals surface area (Å²) in [7, 11) is 1.58. The third kappa shape index (κ3) is 3.04. The van der Waals surface area contributed by atoms with Crippen LogP contribution in [-0.2, 0) is 6.61 Å². The van der Waals surface area contributed by atoms with Crippen LogP contribution in [0.3, 0.4) is 0 Å². The van der Waals surface area contributed by atoms with Crippen molar-refractivity contribution in [3.05, 3.63) is 87.4 Å². The van der Waals surface area contributed by atoms with Gasteiger partial charge in [-0.05, 0) is 54.5 Å². The summed E-state index contributed by atoms with van der Waals surface area (Å²) in [6, 6.07) is 17.9. The Morgan fingerprint density at radius 2 is 1.87 bits per heavy atom. The van der Waals surface area contributed by atoms with E-state index in [4.69, 9.17) is 4.74 Å². The lowest BCUT2D eigenvalue weighted by Crippen LogP contribution is -2.05. The Morgan fingerprint density at radius 3 is 2.61 bits per heavy atom. The molecule has 0 unspecified atom stereocenters. The summed E-state index contributed by atoms with van der Waals surface area (Å²) in [6.07, 6.45) is 3.52. The normalized spacial score (nSPS) is 12.6. The fraction of sp³-hybridized carbons (Fsp3) is 0.115. The Hall–Kier alpha value is -3.15. The van der Waals surface area contributed by atoms with E-state index in [9.17, 15) is 9.90 Å². The van der Waals surface area contributed by atoms with Gasteiger partial charge < -0.3 is 14.4 Å². The number of methoxy groups -OCH3 is 1. The molecule has 5 rings (SSSR count). The molecule has 0 saturated heterocycles. The van der Waals surface area contributed by atoms with E-state index in [0.717, 1.165) is 43.4 Å². The zero-order chi connectivity index (χ0) is 21.7. The van der Waals surface area contributed by atoms with Crippen molar-refractivity contribution in [2.24, 2.45) is 0 Å². The highest BCUT2D eigenvalue weighted by atomic mass is 79.9. The first-order valence-corrected chi connectivity index (χ1v) is 10.8. The minimum Gasteiger partial charge on any atom is -0.496 e. The number of hydrogen-bond donors (Lipinski definition) is 1. The molecule has 3 aromatic carbocycles. The maximum atomic E-state index is 13.2. The SMILES string of the molecule is COc1cccc(-c2c3c4c(cc(C)cc4n2-c2cccc(Br)c2)C=CC3=O)c1CO. The highest BCUT2D eigenvalue weighted by molar-refractivity contribution is 9.10. The van der Waals surface area contributed by atoms with E-state index in [1.165, 1.54) is 0 Å². The standard InChI is InChI=1S/C26H20BrNO3/c1-15-11-16-9-10-22(30)25-24(16)21(12-15)28(18-6-3-5-17(27)13-18)26(25)19-7-4-8-23(31-2)20(19)14-29/h3-13,29H,14H2,1-2H3. The van der Waals surface area contributed by atoms with E-state index in [-0.39, 0.29) is 12.4 Å². The number of allylic oxidation sites excluding steroid dienone is 1. The van der Waals surface area contributed by atoms with Crippen molar-refractivity contribution in [3.63, 3.8) is 0 Å². The fourth-order valence-corrected chi connectivity index (χ4v) is 4.88. The molecule has 0 fully saturated rings. The lowest BCUT2D eigenvalue weighted by atomic mass is 9.92. The zero-order valence-electron chi connectivity index (χ0n) is 17.1. The number of nitrogens with zero attached hydrogens (tertiary/aromatic N) is 1. The molecule has 0 bridgehead atoms. The number of carbonyl (C=O) groups is 1. The maximum absolute atomic E-state index is 13.2. The van der Waals surface area contributed by atoms with Gasteiger partial charge in [0.05, 0.1) is 30.5 Å². The Balaban J connectivity index is 2.01. The van der Waals surface area contributed by atoms with Crippen molar-refractivity contribution in [2.75, 3.05) is 7.11 Å². The molecule has 5 heteroatoms. The minimum atomic E-state index is -0.200. The van der Waals surface area contributed by atoms with Gasteiger partial charge in [0.1, 0.15) is 5.75 Å². The van der Waals surface area contributed by atoms with Crippen LogP contribution in [0.1, 0.15) is 27.0 Å². The molecule has 0 radical (unpaired) electrons. The second-order valence-corrected chi connectivity index (χ2v) is 8.54. The molecule has 4 aromatic rings. The quantitative estimate of drug-likeness (QED) is 0.390. The van der Waals surface area contributed by atoms with E-state index >= 15 is 0 Å². The predicted molar refractivity (Wildman–Crippen MR) is 127 cm³/mol. The molecule has 1 aromatic heterocycles. The third-order valence-corrected chi connectivity index (χ3v) is 6.23. The Morgan fingerprint density at radius 1 is 1.06 bits per heavy atom. The molecule has 0 amide bonds. The number of benzene rings is 3. The molecule has 154 valence electrons. The molecule has 1 aliphatic carbocycles. The van der Waals surface area contributed by atoms with Crippen molar-refractivity contribution < 1.29 is 14.6 Å². The molecule has 0 atom stereocenters. The summed E-state index contributed by atoms with van der Waals surface area (Å²) in [5.74, 6) is 0.547. The number of ketones is 1. The van der Waals surface area contributed by atoms with Crippen LogP contribution in [-0.4, -0.2) is 22.6 Å². The zero-order valence-corrected chi connectivity index (χ0v) is 18.7. The smallest absolute Gasteiger partial charge is 0.188 e. The molecule has 0 saturated carbocycles. The van der Waals surface area contributed by atoms with Crippen LogP contribution in [0.4, 0.5) is 0 Å². The Labute approximate surface area is 188 Å². The number of ether oxygens (including phenoxy) is 1. The van der Waals surface area contributed by atoms with Gasteiger partial charge in [-0.15, -0.1) is 0 Å². The number of aliphatic hydroxyl groups excluding tert-OH is 1. The third-order valence-electron chi connectivity index (χ3n) is 5.74. The van der Waals surface area contributed by atoms with Gasteiger partial charge in [-0.1, -0.05) is 46.3 Å². The molecule has 4 nitrogen and oxygen atoms in total. The molecule has 1 aliphatic rings. The minimum absolute atomic E-state index is 0.0446. The first kappa shape index (κ1) is 19.8.